The highest BCUT2D eigenvalue weighted by Gasteiger charge is 2.33. The molecular weight excluding hydrogens is 545 g/mol. The number of carbonyl (C=O) groups is 1. The predicted octanol–water partition coefficient (Wildman–Crippen LogP) is 5.05. The largest absolute Gasteiger partial charge is 0.573 e. The lowest BCUT2D eigenvalue weighted by molar-refractivity contribution is -0.274. The normalized spacial score (nSPS) is 16.3. The fraction of sp³-hybridized carbons (Fsp3) is 0.321. The smallest absolute Gasteiger partial charge is 0.406 e. The Hall–Kier alpha value is -3.61. The van der Waals surface area contributed by atoms with Crippen molar-refractivity contribution in [3.05, 3.63) is 66.7 Å². The van der Waals surface area contributed by atoms with Gasteiger partial charge in [-0.05, 0) is 62.4 Å². The molecule has 2 heterocycles. The maximum Gasteiger partial charge on any atom is 0.573 e. The molecule has 1 aliphatic rings. The summed E-state index contributed by atoms with van der Waals surface area (Å²) in [5, 5.41) is 5.17. The highest BCUT2D eigenvalue weighted by atomic mass is 32.2. The van der Waals surface area contributed by atoms with Crippen molar-refractivity contribution in [1.82, 2.24) is 13.8 Å². The average molecular weight is 575 g/mol. The van der Waals surface area contributed by atoms with Gasteiger partial charge in [0, 0.05) is 60.2 Å². The van der Waals surface area contributed by atoms with Crippen LogP contribution in [0.25, 0.3) is 21.8 Å². The number of amides is 1. The van der Waals surface area contributed by atoms with Crippen LogP contribution in [0.1, 0.15) is 13.8 Å². The first-order valence-corrected chi connectivity index (χ1v) is 14.3. The van der Waals surface area contributed by atoms with Crippen molar-refractivity contribution >= 4 is 43.4 Å². The molecule has 1 saturated heterocycles. The van der Waals surface area contributed by atoms with Gasteiger partial charge in [0.2, 0.25) is 15.9 Å². The third-order valence-electron chi connectivity index (χ3n) is 7.25. The Kier molecular flexibility index (Phi) is 7.51. The summed E-state index contributed by atoms with van der Waals surface area (Å²) >= 11 is 0. The van der Waals surface area contributed by atoms with Crippen molar-refractivity contribution < 1.29 is 31.1 Å². The highest BCUT2D eigenvalue weighted by molar-refractivity contribution is 7.89. The second kappa shape index (κ2) is 10.8. The van der Waals surface area contributed by atoms with Gasteiger partial charge in [0.25, 0.3) is 0 Å². The number of piperazine rings is 1. The summed E-state index contributed by atoms with van der Waals surface area (Å²) in [6.45, 7) is 5.63. The molecule has 0 spiro atoms. The Morgan fingerprint density at radius 1 is 0.950 bits per heavy atom. The van der Waals surface area contributed by atoms with Gasteiger partial charge in [-0.25, -0.2) is 8.42 Å². The molecule has 212 valence electrons. The maximum absolute atomic E-state index is 13.1. The van der Waals surface area contributed by atoms with Gasteiger partial charge >= 0.3 is 6.36 Å². The van der Waals surface area contributed by atoms with Gasteiger partial charge in [0.15, 0.2) is 0 Å². The van der Waals surface area contributed by atoms with Crippen molar-refractivity contribution in [3.8, 4) is 5.75 Å². The number of carbonyl (C=O) groups excluding carboxylic acids is 1. The second-order valence-electron chi connectivity index (χ2n) is 9.62. The van der Waals surface area contributed by atoms with E-state index in [0.29, 0.717) is 18.8 Å². The SMILES string of the molecule is CCn1c2ccccc2c2cc(NC(=O)C(C)N3CCN(S(=O)(=O)c4ccc(OC(F)(F)F)cc4)CC3)ccc21. The second-order valence-corrected chi connectivity index (χ2v) is 11.6. The van der Waals surface area contributed by atoms with Gasteiger partial charge in [-0.1, -0.05) is 18.2 Å². The van der Waals surface area contributed by atoms with Crippen LogP contribution in [-0.2, 0) is 21.4 Å². The molecule has 0 radical (unpaired) electrons. The molecule has 0 saturated carbocycles. The molecule has 1 N–H and O–H groups in total. The molecule has 5 rings (SSSR count). The third-order valence-corrected chi connectivity index (χ3v) is 9.16. The number of fused-ring (bicyclic) bond motifs is 3. The average Bonchev–Trinajstić information content (AvgIpc) is 3.25. The monoisotopic (exact) mass is 574 g/mol. The molecule has 12 heteroatoms. The van der Waals surface area contributed by atoms with Crippen LogP contribution in [0.4, 0.5) is 18.9 Å². The minimum Gasteiger partial charge on any atom is -0.406 e. The van der Waals surface area contributed by atoms with Crippen LogP contribution in [0.3, 0.4) is 0 Å². The number of hydrogen-bond donors (Lipinski definition) is 1. The Balaban J connectivity index is 1.22. The summed E-state index contributed by atoms with van der Waals surface area (Å²) < 4.78 is 70.6. The van der Waals surface area contributed by atoms with E-state index >= 15 is 0 Å². The van der Waals surface area contributed by atoms with Crippen molar-refractivity contribution in [3.63, 3.8) is 0 Å². The van der Waals surface area contributed by atoms with Crippen LogP contribution in [-0.4, -0.2) is 66.7 Å². The Morgan fingerprint density at radius 2 is 1.60 bits per heavy atom. The first-order chi connectivity index (χ1) is 19.0. The standard InChI is InChI=1S/C28H29F3N4O4S/c1-3-35-25-7-5-4-6-23(25)24-18-20(8-13-26(24)35)32-27(36)19(2)33-14-16-34(17-15-33)40(37,38)22-11-9-21(10-12-22)39-28(29,30)31/h4-13,18-19H,3,14-17H2,1-2H3,(H,32,36). The van der Waals surface area contributed by atoms with Crippen molar-refractivity contribution in [2.45, 2.75) is 37.7 Å². The number of ether oxygens (including phenoxy) is 1. The van der Waals surface area contributed by atoms with Crippen molar-refractivity contribution in [2.75, 3.05) is 31.5 Å². The fourth-order valence-corrected chi connectivity index (χ4v) is 6.60. The van der Waals surface area contributed by atoms with Gasteiger partial charge in [0.1, 0.15) is 5.75 Å². The van der Waals surface area contributed by atoms with Gasteiger partial charge in [-0.15, -0.1) is 13.2 Å². The van der Waals surface area contributed by atoms with Gasteiger partial charge in [-0.3, -0.25) is 9.69 Å². The fourth-order valence-electron chi connectivity index (χ4n) is 5.18. The molecule has 0 aliphatic carbocycles. The van der Waals surface area contributed by atoms with Crippen LogP contribution in [0.5, 0.6) is 5.75 Å². The van der Waals surface area contributed by atoms with E-state index in [0.717, 1.165) is 52.6 Å². The molecule has 1 atom stereocenters. The van der Waals surface area contributed by atoms with E-state index in [2.05, 4.69) is 33.7 Å². The van der Waals surface area contributed by atoms with Gasteiger partial charge in [-0.2, -0.15) is 4.31 Å². The van der Waals surface area contributed by atoms with Crippen LogP contribution < -0.4 is 10.1 Å². The molecule has 1 fully saturated rings. The summed E-state index contributed by atoms with van der Waals surface area (Å²) in [6.07, 6.45) is -4.86. The lowest BCUT2D eigenvalue weighted by Gasteiger charge is -2.36. The summed E-state index contributed by atoms with van der Waals surface area (Å²) in [6, 6.07) is 17.6. The van der Waals surface area contributed by atoms with Gasteiger partial charge < -0.3 is 14.6 Å². The minimum atomic E-state index is -4.86. The van der Waals surface area contributed by atoms with Crippen LogP contribution in [0.2, 0.25) is 0 Å². The van der Waals surface area contributed by atoms with Crippen molar-refractivity contribution in [1.29, 1.82) is 0 Å². The van der Waals surface area contributed by atoms with E-state index in [4.69, 9.17) is 0 Å². The first kappa shape index (κ1) is 27.9. The summed E-state index contributed by atoms with van der Waals surface area (Å²) in [4.78, 5) is 14.9. The number of para-hydroxylation sites is 1. The maximum atomic E-state index is 13.1. The molecular formula is C28H29F3N4O4S. The van der Waals surface area contributed by atoms with Gasteiger partial charge in [0.05, 0.1) is 10.9 Å². The number of hydrogen-bond acceptors (Lipinski definition) is 5. The summed E-state index contributed by atoms with van der Waals surface area (Å²) in [7, 11) is -3.91. The number of sulfonamides is 1. The molecule has 40 heavy (non-hydrogen) atoms. The van der Waals surface area contributed by atoms with Crippen LogP contribution in [0.15, 0.2) is 71.6 Å². The number of aryl methyl sites for hydroxylation is 1. The van der Waals surface area contributed by atoms with E-state index in [1.165, 1.54) is 4.31 Å². The minimum absolute atomic E-state index is 0.124. The van der Waals surface area contributed by atoms with E-state index in [1.807, 2.05) is 35.2 Å². The van der Waals surface area contributed by atoms with E-state index < -0.39 is 28.2 Å². The molecule has 0 bridgehead atoms. The van der Waals surface area contributed by atoms with Crippen LogP contribution in [0, 0.1) is 0 Å². The number of nitrogens with one attached hydrogen (secondary N) is 1. The molecule has 1 unspecified atom stereocenters. The number of nitrogens with zero attached hydrogens (tertiary/aromatic N) is 3. The zero-order valence-electron chi connectivity index (χ0n) is 22.0. The molecule has 1 aliphatic heterocycles. The molecule has 1 aromatic heterocycles. The number of rotatable bonds is 7. The Morgan fingerprint density at radius 3 is 2.25 bits per heavy atom. The predicted molar refractivity (Wildman–Crippen MR) is 147 cm³/mol. The number of halogens is 3. The van der Waals surface area contributed by atoms with E-state index in [-0.39, 0.29) is 23.9 Å². The topological polar surface area (TPSA) is 83.9 Å². The Labute approximate surface area is 230 Å². The van der Waals surface area contributed by atoms with E-state index in [1.54, 1.807) is 6.92 Å². The molecule has 8 nitrogen and oxygen atoms in total. The number of aromatic nitrogens is 1. The summed E-state index contributed by atoms with van der Waals surface area (Å²) in [5.41, 5.74) is 2.91. The third kappa shape index (κ3) is 5.51. The van der Waals surface area contributed by atoms with E-state index in [9.17, 15) is 26.4 Å². The Bertz CT molecular complexity index is 1640. The molecule has 3 aromatic carbocycles. The number of anilines is 1. The lowest BCUT2D eigenvalue weighted by atomic mass is 10.1. The molecule has 4 aromatic rings. The number of alkyl halides is 3. The first-order valence-electron chi connectivity index (χ1n) is 12.9. The number of benzene rings is 3. The quantitative estimate of drug-likeness (QED) is 0.334. The zero-order chi connectivity index (χ0) is 28.7. The highest BCUT2D eigenvalue weighted by Crippen LogP contribution is 2.31. The van der Waals surface area contributed by atoms with Crippen LogP contribution >= 0.6 is 0 Å². The summed E-state index contributed by atoms with van der Waals surface area (Å²) in [5.74, 6) is -0.693. The zero-order valence-corrected chi connectivity index (χ0v) is 22.8. The molecule has 1 amide bonds. The van der Waals surface area contributed by atoms with Crippen molar-refractivity contribution in [2.24, 2.45) is 0 Å². The lowest BCUT2D eigenvalue weighted by Crippen LogP contribution is -2.53.